The van der Waals surface area contributed by atoms with Gasteiger partial charge in [-0.1, -0.05) is 37.5 Å². The van der Waals surface area contributed by atoms with Crippen LogP contribution >= 0.6 is 0 Å². The molecule has 1 aromatic rings. The molecule has 1 saturated carbocycles. The maximum Gasteiger partial charge on any atom is 0.305 e. The Bertz CT molecular complexity index is 540. The quantitative estimate of drug-likeness (QED) is 0.932. The molecule has 20 heavy (non-hydrogen) atoms. The summed E-state index contributed by atoms with van der Waals surface area (Å²) >= 11 is 0. The molecule has 2 aliphatic rings. The minimum atomic E-state index is -1.21. The number of fused-ring (bicyclic) bond motifs is 1. The zero-order valence-electron chi connectivity index (χ0n) is 11.3. The molecular formula is C15H19NO3S. The molecule has 0 spiro atoms. The van der Waals surface area contributed by atoms with Crippen LogP contribution in [0.4, 0.5) is 0 Å². The Kier molecular flexibility index (Phi) is 3.89. The summed E-state index contributed by atoms with van der Waals surface area (Å²) in [6.45, 7) is 0. The normalized spacial score (nSPS) is 27.4. The van der Waals surface area contributed by atoms with Gasteiger partial charge < -0.3 is 5.11 Å². The molecule has 0 saturated heterocycles. The fourth-order valence-electron chi connectivity index (χ4n) is 3.37. The summed E-state index contributed by atoms with van der Waals surface area (Å²) in [5, 5.41) is 9.18. The molecule has 1 aliphatic heterocycles. The first-order chi connectivity index (χ1) is 9.68. The lowest BCUT2D eigenvalue weighted by atomic mass is 9.93. The number of rotatable bonds is 3. The van der Waals surface area contributed by atoms with E-state index >= 15 is 0 Å². The zero-order valence-corrected chi connectivity index (χ0v) is 12.1. The van der Waals surface area contributed by atoms with E-state index in [1.807, 2.05) is 28.6 Å². The molecule has 0 aromatic heterocycles. The van der Waals surface area contributed by atoms with Crippen LogP contribution in [0.3, 0.4) is 0 Å². The minimum absolute atomic E-state index is 0.0270. The average molecular weight is 293 g/mol. The molecule has 1 aliphatic carbocycles. The lowest BCUT2D eigenvalue weighted by Gasteiger charge is -2.33. The molecule has 108 valence electrons. The number of aliphatic carboxylic acids is 1. The fourth-order valence-corrected chi connectivity index (χ4v) is 5.10. The van der Waals surface area contributed by atoms with Crippen molar-refractivity contribution in [2.24, 2.45) is 0 Å². The van der Waals surface area contributed by atoms with Gasteiger partial charge in [-0.3, -0.25) is 4.79 Å². The van der Waals surface area contributed by atoms with Gasteiger partial charge in [0.25, 0.3) is 0 Å². The highest BCUT2D eigenvalue weighted by atomic mass is 32.2. The lowest BCUT2D eigenvalue weighted by Crippen LogP contribution is -2.37. The van der Waals surface area contributed by atoms with Gasteiger partial charge in [0.05, 0.1) is 17.4 Å². The Hall–Kier alpha value is -1.20. The second kappa shape index (κ2) is 5.66. The molecule has 0 bridgehead atoms. The summed E-state index contributed by atoms with van der Waals surface area (Å²) in [4.78, 5) is 12.0. The Morgan fingerprint density at radius 3 is 2.65 bits per heavy atom. The molecule has 2 atom stereocenters. The van der Waals surface area contributed by atoms with E-state index in [1.165, 1.54) is 6.42 Å². The summed E-state index contributed by atoms with van der Waals surface area (Å²) in [6.07, 6.45) is 5.60. The van der Waals surface area contributed by atoms with Crippen molar-refractivity contribution in [2.45, 2.75) is 55.5 Å². The molecule has 3 rings (SSSR count). The van der Waals surface area contributed by atoms with Crippen molar-refractivity contribution in [1.82, 2.24) is 4.31 Å². The number of hydrogen-bond acceptors (Lipinski definition) is 2. The van der Waals surface area contributed by atoms with Crippen LogP contribution in [0.1, 0.15) is 50.1 Å². The molecule has 1 aromatic carbocycles. The van der Waals surface area contributed by atoms with Crippen LogP contribution in [0.5, 0.6) is 0 Å². The van der Waals surface area contributed by atoms with Gasteiger partial charge in [-0.05, 0) is 24.5 Å². The Morgan fingerprint density at radius 1 is 1.25 bits per heavy atom. The summed E-state index contributed by atoms with van der Waals surface area (Å²) in [7, 11) is -1.21. The van der Waals surface area contributed by atoms with E-state index in [4.69, 9.17) is 0 Å². The number of carboxylic acids is 1. The van der Waals surface area contributed by atoms with E-state index in [9.17, 15) is 14.1 Å². The molecule has 0 radical (unpaired) electrons. The van der Waals surface area contributed by atoms with Crippen LogP contribution in [0, 0.1) is 0 Å². The van der Waals surface area contributed by atoms with Crippen LogP contribution in [0.15, 0.2) is 29.2 Å². The second-order valence-electron chi connectivity index (χ2n) is 5.55. The molecule has 1 fully saturated rings. The SMILES string of the molecule is O=C(O)CC1c2ccccc2S(=O)N1C1CCCCC1. The highest BCUT2D eigenvalue weighted by Gasteiger charge is 2.41. The van der Waals surface area contributed by atoms with Gasteiger partial charge in [0.1, 0.15) is 11.0 Å². The van der Waals surface area contributed by atoms with Gasteiger partial charge in [-0.2, -0.15) is 0 Å². The van der Waals surface area contributed by atoms with E-state index in [2.05, 4.69) is 0 Å². The number of nitrogens with zero attached hydrogens (tertiary/aromatic N) is 1. The first kappa shape index (κ1) is 13.8. The third-order valence-electron chi connectivity index (χ3n) is 4.27. The predicted molar refractivity (Wildman–Crippen MR) is 76.6 cm³/mol. The van der Waals surface area contributed by atoms with E-state index in [0.29, 0.717) is 0 Å². The molecule has 1 heterocycles. The van der Waals surface area contributed by atoms with Crippen molar-refractivity contribution >= 4 is 17.0 Å². The van der Waals surface area contributed by atoms with Crippen LogP contribution < -0.4 is 0 Å². The zero-order chi connectivity index (χ0) is 14.1. The largest absolute Gasteiger partial charge is 0.481 e. The summed E-state index contributed by atoms with van der Waals surface area (Å²) in [5.41, 5.74) is 0.929. The second-order valence-corrected chi connectivity index (χ2v) is 6.91. The van der Waals surface area contributed by atoms with E-state index < -0.39 is 17.0 Å². The molecule has 0 amide bonds. The highest BCUT2D eigenvalue weighted by molar-refractivity contribution is 7.83. The third kappa shape index (κ3) is 2.40. The van der Waals surface area contributed by atoms with Gasteiger partial charge >= 0.3 is 5.97 Å². The molecule has 4 nitrogen and oxygen atoms in total. The van der Waals surface area contributed by atoms with E-state index in [0.717, 1.165) is 36.1 Å². The summed E-state index contributed by atoms with van der Waals surface area (Å²) < 4.78 is 14.7. The molecule has 1 N–H and O–H groups in total. The van der Waals surface area contributed by atoms with Crippen LogP contribution in [0.2, 0.25) is 0 Å². The minimum Gasteiger partial charge on any atom is -0.481 e. The number of carbonyl (C=O) groups is 1. The average Bonchev–Trinajstić information content (AvgIpc) is 2.73. The van der Waals surface area contributed by atoms with Crippen molar-refractivity contribution in [3.8, 4) is 0 Å². The fraction of sp³-hybridized carbons (Fsp3) is 0.533. The topological polar surface area (TPSA) is 57.6 Å². The molecule has 5 heteroatoms. The van der Waals surface area contributed by atoms with Gasteiger partial charge in [-0.25, -0.2) is 8.51 Å². The Labute approximate surface area is 121 Å². The smallest absolute Gasteiger partial charge is 0.305 e. The van der Waals surface area contributed by atoms with Gasteiger partial charge in [0.15, 0.2) is 0 Å². The Balaban J connectivity index is 1.95. The number of carboxylic acid groups (broad SMARTS) is 1. The predicted octanol–water partition coefficient (Wildman–Crippen LogP) is 2.87. The first-order valence-electron chi connectivity index (χ1n) is 7.19. The van der Waals surface area contributed by atoms with Crippen LogP contribution in [-0.2, 0) is 15.8 Å². The number of hydrogen-bond donors (Lipinski definition) is 1. The lowest BCUT2D eigenvalue weighted by molar-refractivity contribution is -0.138. The van der Waals surface area contributed by atoms with Crippen molar-refractivity contribution < 1.29 is 14.1 Å². The van der Waals surface area contributed by atoms with Crippen LogP contribution in [0.25, 0.3) is 0 Å². The van der Waals surface area contributed by atoms with Crippen molar-refractivity contribution in [2.75, 3.05) is 0 Å². The highest BCUT2D eigenvalue weighted by Crippen LogP contribution is 2.43. The summed E-state index contributed by atoms with van der Waals surface area (Å²) in [6, 6.07) is 7.56. The van der Waals surface area contributed by atoms with Gasteiger partial charge in [0, 0.05) is 6.04 Å². The van der Waals surface area contributed by atoms with Crippen molar-refractivity contribution in [3.63, 3.8) is 0 Å². The maximum absolute atomic E-state index is 12.7. The summed E-state index contributed by atoms with van der Waals surface area (Å²) in [5.74, 6) is -0.829. The maximum atomic E-state index is 12.7. The van der Waals surface area contributed by atoms with Gasteiger partial charge in [-0.15, -0.1) is 0 Å². The first-order valence-corrected chi connectivity index (χ1v) is 8.30. The van der Waals surface area contributed by atoms with E-state index in [1.54, 1.807) is 0 Å². The molecule has 2 unspecified atom stereocenters. The van der Waals surface area contributed by atoms with E-state index in [-0.39, 0.29) is 18.5 Å². The van der Waals surface area contributed by atoms with Crippen molar-refractivity contribution in [1.29, 1.82) is 0 Å². The van der Waals surface area contributed by atoms with Crippen LogP contribution in [-0.4, -0.2) is 25.6 Å². The third-order valence-corrected chi connectivity index (χ3v) is 5.95. The van der Waals surface area contributed by atoms with Gasteiger partial charge in [0.2, 0.25) is 0 Å². The monoisotopic (exact) mass is 293 g/mol. The Morgan fingerprint density at radius 2 is 1.95 bits per heavy atom. The standard InChI is InChI=1S/C15H19NO3S/c17-15(18)10-13-12-8-4-5-9-14(12)20(19)16(13)11-6-2-1-3-7-11/h4-5,8-9,11,13H,1-3,6-7,10H2,(H,17,18). The number of benzene rings is 1. The van der Waals surface area contributed by atoms with Crippen molar-refractivity contribution in [3.05, 3.63) is 29.8 Å². The molecular weight excluding hydrogens is 274 g/mol.